The fraction of sp³-hybridized carbons (Fsp3) is 0.300. The van der Waals surface area contributed by atoms with E-state index in [1.54, 1.807) is 0 Å². The monoisotopic (exact) mass is 402 g/mol. The summed E-state index contributed by atoms with van der Waals surface area (Å²) in [5.41, 5.74) is 3.33. The second kappa shape index (κ2) is 7.50. The van der Waals surface area contributed by atoms with E-state index in [1.165, 1.54) is 0 Å². The van der Waals surface area contributed by atoms with Crippen LogP contribution in [0.1, 0.15) is 5.69 Å². The highest BCUT2D eigenvalue weighted by Crippen LogP contribution is 2.27. The van der Waals surface area contributed by atoms with E-state index >= 15 is 0 Å². The minimum atomic E-state index is 0.111. The number of halogens is 2. The van der Waals surface area contributed by atoms with Crippen LogP contribution in [-0.2, 0) is 11.2 Å². The number of fused-ring (bicyclic) bond motifs is 1. The fourth-order valence-corrected chi connectivity index (χ4v) is 3.67. The number of pyridine rings is 1. The van der Waals surface area contributed by atoms with Gasteiger partial charge >= 0.3 is 0 Å². The van der Waals surface area contributed by atoms with Crippen LogP contribution >= 0.6 is 23.2 Å². The number of amides is 1. The van der Waals surface area contributed by atoms with E-state index < -0.39 is 0 Å². The van der Waals surface area contributed by atoms with Crippen LogP contribution in [0.2, 0.25) is 10.0 Å². The first-order valence-corrected chi connectivity index (χ1v) is 9.65. The van der Waals surface area contributed by atoms with Gasteiger partial charge in [-0.05, 0) is 31.3 Å². The number of likely N-dealkylation sites (N-methyl/N-ethyl adjacent to an activating group) is 1. The van der Waals surface area contributed by atoms with Crippen molar-refractivity contribution in [1.29, 1.82) is 0 Å². The lowest BCUT2D eigenvalue weighted by molar-refractivity contribution is -0.132. The van der Waals surface area contributed by atoms with Gasteiger partial charge < -0.3 is 14.2 Å². The highest BCUT2D eigenvalue weighted by molar-refractivity contribution is 6.30. The van der Waals surface area contributed by atoms with Crippen molar-refractivity contribution in [3.8, 4) is 11.3 Å². The van der Waals surface area contributed by atoms with Crippen molar-refractivity contribution >= 4 is 34.8 Å². The molecule has 0 unspecified atom stereocenters. The van der Waals surface area contributed by atoms with E-state index in [4.69, 9.17) is 28.2 Å². The van der Waals surface area contributed by atoms with Gasteiger partial charge in [-0.1, -0.05) is 35.3 Å². The summed E-state index contributed by atoms with van der Waals surface area (Å²) in [6, 6.07) is 11.2. The van der Waals surface area contributed by atoms with Crippen LogP contribution in [0.4, 0.5) is 0 Å². The Hall–Kier alpha value is -2.08. The first-order chi connectivity index (χ1) is 13.0. The molecule has 1 aromatic carbocycles. The molecule has 0 spiro atoms. The van der Waals surface area contributed by atoms with Crippen molar-refractivity contribution in [3.63, 3.8) is 0 Å². The van der Waals surface area contributed by atoms with Crippen molar-refractivity contribution in [2.24, 2.45) is 0 Å². The molecule has 5 nitrogen and oxygen atoms in total. The second-order valence-electron chi connectivity index (χ2n) is 6.85. The summed E-state index contributed by atoms with van der Waals surface area (Å²) in [4.78, 5) is 21.9. The van der Waals surface area contributed by atoms with Crippen molar-refractivity contribution in [2.75, 3.05) is 33.2 Å². The maximum Gasteiger partial charge on any atom is 0.228 e. The largest absolute Gasteiger partial charge is 0.340 e. The van der Waals surface area contributed by atoms with Crippen molar-refractivity contribution < 1.29 is 4.79 Å². The molecule has 1 aliphatic rings. The molecule has 0 N–H and O–H groups in total. The normalized spacial score (nSPS) is 15.4. The fourth-order valence-electron chi connectivity index (χ4n) is 3.39. The van der Waals surface area contributed by atoms with E-state index in [2.05, 4.69) is 11.9 Å². The van der Waals surface area contributed by atoms with Crippen LogP contribution in [-0.4, -0.2) is 58.3 Å². The number of aromatic nitrogens is 2. The molecule has 1 aliphatic heterocycles. The maximum atomic E-state index is 13.0. The van der Waals surface area contributed by atoms with Crippen LogP contribution in [0.25, 0.3) is 16.9 Å². The molecule has 0 radical (unpaired) electrons. The highest BCUT2D eigenvalue weighted by Gasteiger charge is 2.23. The lowest BCUT2D eigenvalue weighted by atomic mass is 10.1. The van der Waals surface area contributed by atoms with Gasteiger partial charge in [0.25, 0.3) is 0 Å². The maximum absolute atomic E-state index is 13.0. The van der Waals surface area contributed by atoms with Gasteiger partial charge in [0.05, 0.1) is 22.8 Å². The van der Waals surface area contributed by atoms with Crippen LogP contribution in [0.3, 0.4) is 0 Å². The number of carbonyl (C=O) groups is 1. The van der Waals surface area contributed by atoms with E-state index in [0.717, 1.165) is 48.8 Å². The van der Waals surface area contributed by atoms with Gasteiger partial charge in [-0.25, -0.2) is 4.98 Å². The number of rotatable bonds is 3. The topological polar surface area (TPSA) is 40.8 Å². The summed E-state index contributed by atoms with van der Waals surface area (Å²) in [6.45, 7) is 3.30. The van der Waals surface area contributed by atoms with Gasteiger partial charge in [0.15, 0.2) is 0 Å². The molecule has 1 amide bonds. The Bertz CT molecular complexity index is 976. The summed E-state index contributed by atoms with van der Waals surface area (Å²) in [6.07, 6.45) is 2.10. The highest BCUT2D eigenvalue weighted by atomic mass is 35.5. The first-order valence-electron chi connectivity index (χ1n) is 8.90. The number of hydrogen-bond acceptors (Lipinski definition) is 3. The average Bonchev–Trinajstić information content (AvgIpc) is 3.00. The summed E-state index contributed by atoms with van der Waals surface area (Å²) in [5.74, 6) is 0.111. The van der Waals surface area contributed by atoms with E-state index in [1.807, 2.05) is 51.9 Å². The molecular formula is C20H20Cl2N4O. The summed E-state index contributed by atoms with van der Waals surface area (Å²) in [7, 11) is 2.08. The van der Waals surface area contributed by atoms with E-state index in [0.29, 0.717) is 10.0 Å². The summed E-state index contributed by atoms with van der Waals surface area (Å²) < 4.78 is 1.92. The van der Waals surface area contributed by atoms with Gasteiger partial charge in [-0.15, -0.1) is 0 Å². The molecule has 27 heavy (non-hydrogen) atoms. The average molecular weight is 403 g/mol. The Morgan fingerprint density at radius 1 is 1.00 bits per heavy atom. The zero-order valence-electron chi connectivity index (χ0n) is 15.0. The first kappa shape index (κ1) is 18.3. The van der Waals surface area contributed by atoms with Gasteiger partial charge in [-0.3, -0.25) is 4.79 Å². The Kier molecular flexibility index (Phi) is 5.08. The lowest BCUT2D eigenvalue weighted by Gasteiger charge is -2.32. The molecule has 1 saturated heterocycles. The molecule has 0 aliphatic carbocycles. The number of piperazine rings is 1. The third-order valence-electron chi connectivity index (χ3n) is 4.97. The quantitative estimate of drug-likeness (QED) is 0.671. The molecule has 4 rings (SSSR count). The van der Waals surface area contributed by atoms with Crippen LogP contribution in [0.5, 0.6) is 0 Å². The van der Waals surface area contributed by atoms with Crippen LogP contribution in [0, 0.1) is 0 Å². The molecule has 3 heterocycles. The second-order valence-corrected chi connectivity index (χ2v) is 7.72. The Labute approximate surface area is 168 Å². The third kappa shape index (κ3) is 3.81. The lowest BCUT2D eigenvalue weighted by Crippen LogP contribution is -2.47. The SMILES string of the molecule is CN1CCN(C(=O)Cc2c(-c3ccc(Cl)cc3)nc3ccc(Cl)cn23)CC1. The number of benzene rings is 1. The summed E-state index contributed by atoms with van der Waals surface area (Å²) in [5, 5.41) is 1.27. The van der Waals surface area contributed by atoms with E-state index in [9.17, 15) is 4.79 Å². The van der Waals surface area contributed by atoms with Gasteiger partial charge in [0.2, 0.25) is 5.91 Å². The molecule has 140 valence electrons. The minimum absolute atomic E-state index is 0.111. The smallest absolute Gasteiger partial charge is 0.228 e. The number of imidazole rings is 1. The summed E-state index contributed by atoms with van der Waals surface area (Å²) >= 11 is 12.2. The minimum Gasteiger partial charge on any atom is -0.340 e. The predicted molar refractivity (Wildman–Crippen MR) is 108 cm³/mol. The molecular weight excluding hydrogens is 383 g/mol. The van der Waals surface area contributed by atoms with Crippen LogP contribution < -0.4 is 0 Å². The van der Waals surface area contributed by atoms with Gasteiger partial charge in [0.1, 0.15) is 5.65 Å². The standard InChI is InChI=1S/C20H20Cl2N4O/c1-24-8-10-25(11-9-24)19(27)12-17-20(14-2-4-15(21)5-3-14)23-18-7-6-16(22)13-26(17)18/h2-7,13H,8-12H2,1H3. The van der Waals surface area contributed by atoms with Crippen LogP contribution in [0.15, 0.2) is 42.6 Å². The van der Waals surface area contributed by atoms with Crippen molar-refractivity contribution in [1.82, 2.24) is 19.2 Å². The zero-order valence-corrected chi connectivity index (χ0v) is 16.5. The van der Waals surface area contributed by atoms with Gasteiger partial charge in [-0.2, -0.15) is 0 Å². The molecule has 0 saturated carbocycles. The zero-order chi connectivity index (χ0) is 19.0. The predicted octanol–water partition coefficient (Wildman–Crippen LogP) is 3.62. The molecule has 7 heteroatoms. The number of hydrogen-bond donors (Lipinski definition) is 0. The Balaban J connectivity index is 1.73. The molecule has 0 atom stereocenters. The van der Waals surface area contributed by atoms with Crippen molar-refractivity contribution in [3.05, 3.63) is 58.3 Å². The van der Waals surface area contributed by atoms with Crippen molar-refractivity contribution in [2.45, 2.75) is 6.42 Å². The Morgan fingerprint density at radius 2 is 1.67 bits per heavy atom. The van der Waals surface area contributed by atoms with E-state index in [-0.39, 0.29) is 12.3 Å². The molecule has 2 aromatic heterocycles. The number of nitrogens with zero attached hydrogens (tertiary/aromatic N) is 4. The van der Waals surface area contributed by atoms with Gasteiger partial charge in [0, 0.05) is 43.0 Å². The molecule has 3 aromatic rings. The molecule has 1 fully saturated rings. The third-order valence-corrected chi connectivity index (χ3v) is 5.45. The Morgan fingerprint density at radius 3 is 2.37 bits per heavy atom. The number of carbonyl (C=O) groups excluding carboxylic acids is 1. The molecule has 0 bridgehead atoms.